The number of benzene rings is 1. The first-order valence-corrected chi connectivity index (χ1v) is 3.80. The lowest BCUT2D eigenvalue weighted by atomic mass is 10.3. The van der Waals surface area contributed by atoms with Gasteiger partial charge in [-0.25, -0.2) is 10.9 Å². The molecule has 0 aromatic heterocycles. The van der Waals surface area contributed by atoms with Crippen LogP contribution in [-0.2, 0) is 4.79 Å². The SMILES string of the molecule is CC(=O)N(N)c1ccc(Cl)cc1. The third-order valence-electron chi connectivity index (χ3n) is 1.44. The van der Waals surface area contributed by atoms with Crippen molar-refractivity contribution in [2.45, 2.75) is 6.92 Å². The van der Waals surface area contributed by atoms with Crippen LogP contribution in [0, 0.1) is 0 Å². The number of carbonyl (C=O) groups excluding carboxylic acids is 1. The van der Waals surface area contributed by atoms with Crippen molar-refractivity contribution in [3.05, 3.63) is 29.3 Å². The monoisotopic (exact) mass is 184 g/mol. The van der Waals surface area contributed by atoms with Gasteiger partial charge >= 0.3 is 0 Å². The van der Waals surface area contributed by atoms with Gasteiger partial charge in [0.05, 0.1) is 5.69 Å². The molecule has 0 saturated heterocycles. The third kappa shape index (κ3) is 1.96. The van der Waals surface area contributed by atoms with E-state index in [0.717, 1.165) is 5.01 Å². The van der Waals surface area contributed by atoms with E-state index >= 15 is 0 Å². The average Bonchev–Trinajstić information content (AvgIpc) is 2.04. The van der Waals surface area contributed by atoms with Crippen LogP contribution >= 0.6 is 11.6 Å². The Morgan fingerprint density at radius 2 is 1.92 bits per heavy atom. The van der Waals surface area contributed by atoms with Gasteiger partial charge in [0.2, 0.25) is 5.91 Å². The van der Waals surface area contributed by atoms with Crippen molar-refractivity contribution < 1.29 is 4.79 Å². The van der Waals surface area contributed by atoms with Crippen LogP contribution in [0.25, 0.3) is 0 Å². The number of hydrogen-bond donors (Lipinski definition) is 1. The van der Waals surface area contributed by atoms with Crippen LogP contribution in [0.3, 0.4) is 0 Å². The van der Waals surface area contributed by atoms with Gasteiger partial charge in [0.15, 0.2) is 0 Å². The number of nitrogens with two attached hydrogens (primary N) is 1. The fourth-order valence-electron chi connectivity index (χ4n) is 0.783. The predicted octanol–water partition coefficient (Wildman–Crippen LogP) is 1.57. The quantitative estimate of drug-likeness (QED) is 0.409. The van der Waals surface area contributed by atoms with Gasteiger partial charge in [-0.1, -0.05) is 11.6 Å². The maximum absolute atomic E-state index is 10.8. The van der Waals surface area contributed by atoms with Gasteiger partial charge < -0.3 is 0 Å². The molecule has 0 spiro atoms. The van der Waals surface area contributed by atoms with Crippen molar-refractivity contribution in [2.75, 3.05) is 5.01 Å². The molecular weight excluding hydrogens is 176 g/mol. The number of halogens is 1. The summed E-state index contributed by atoms with van der Waals surface area (Å²) in [4.78, 5) is 10.8. The summed E-state index contributed by atoms with van der Waals surface area (Å²) in [5.41, 5.74) is 0.631. The summed E-state index contributed by atoms with van der Waals surface area (Å²) >= 11 is 5.65. The second kappa shape index (κ2) is 3.56. The highest BCUT2D eigenvalue weighted by Crippen LogP contribution is 2.15. The Morgan fingerprint density at radius 1 is 1.42 bits per heavy atom. The third-order valence-corrected chi connectivity index (χ3v) is 1.70. The van der Waals surface area contributed by atoms with E-state index in [1.54, 1.807) is 24.3 Å². The van der Waals surface area contributed by atoms with E-state index in [1.807, 2.05) is 0 Å². The van der Waals surface area contributed by atoms with E-state index in [0.29, 0.717) is 10.7 Å². The number of hydrogen-bond acceptors (Lipinski definition) is 2. The molecule has 0 aliphatic carbocycles. The molecular formula is C8H9ClN2O. The molecule has 4 heteroatoms. The van der Waals surface area contributed by atoms with Crippen molar-refractivity contribution in [3.8, 4) is 0 Å². The molecule has 2 N–H and O–H groups in total. The van der Waals surface area contributed by atoms with E-state index in [4.69, 9.17) is 17.4 Å². The van der Waals surface area contributed by atoms with Crippen molar-refractivity contribution in [2.24, 2.45) is 5.84 Å². The molecule has 1 aromatic rings. The van der Waals surface area contributed by atoms with Gasteiger partial charge in [-0.15, -0.1) is 0 Å². The molecule has 0 aliphatic rings. The van der Waals surface area contributed by atoms with Crippen LogP contribution in [0.4, 0.5) is 5.69 Å². The Bertz CT molecular complexity index is 284. The summed E-state index contributed by atoms with van der Waals surface area (Å²) in [6.07, 6.45) is 0. The van der Waals surface area contributed by atoms with E-state index in [1.165, 1.54) is 6.92 Å². The highest BCUT2D eigenvalue weighted by molar-refractivity contribution is 6.30. The number of hydrazine groups is 1. The maximum Gasteiger partial charge on any atom is 0.238 e. The molecule has 64 valence electrons. The Balaban J connectivity index is 2.89. The first kappa shape index (κ1) is 9.03. The van der Waals surface area contributed by atoms with E-state index in [-0.39, 0.29) is 5.91 Å². The van der Waals surface area contributed by atoms with Gasteiger partial charge in [-0.05, 0) is 24.3 Å². The normalized spacial score (nSPS) is 9.58. The van der Waals surface area contributed by atoms with Crippen molar-refractivity contribution in [1.29, 1.82) is 0 Å². The Kier molecular flexibility index (Phi) is 2.68. The molecule has 0 heterocycles. The Hall–Kier alpha value is -1.06. The Morgan fingerprint density at radius 3 is 2.33 bits per heavy atom. The zero-order chi connectivity index (χ0) is 9.14. The minimum atomic E-state index is -0.211. The smallest absolute Gasteiger partial charge is 0.238 e. The molecule has 1 amide bonds. The van der Waals surface area contributed by atoms with Crippen LogP contribution < -0.4 is 10.9 Å². The molecule has 12 heavy (non-hydrogen) atoms. The zero-order valence-electron chi connectivity index (χ0n) is 6.62. The lowest BCUT2D eigenvalue weighted by molar-refractivity contribution is -0.116. The average molecular weight is 185 g/mol. The van der Waals surface area contributed by atoms with Gasteiger partial charge in [0.1, 0.15) is 0 Å². The van der Waals surface area contributed by atoms with E-state index in [2.05, 4.69) is 0 Å². The number of nitrogens with zero attached hydrogens (tertiary/aromatic N) is 1. The van der Waals surface area contributed by atoms with Crippen LogP contribution in [-0.4, -0.2) is 5.91 Å². The van der Waals surface area contributed by atoms with Crippen molar-refractivity contribution >= 4 is 23.2 Å². The topological polar surface area (TPSA) is 46.3 Å². The number of rotatable bonds is 1. The van der Waals surface area contributed by atoms with Gasteiger partial charge in [0, 0.05) is 11.9 Å². The largest absolute Gasteiger partial charge is 0.273 e. The highest BCUT2D eigenvalue weighted by Gasteiger charge is 2.04. The van der Waals surface area contributed by atoms with Crippen LogP contribution in [0.5, 0.6) is 0 Å². The first-order chi connectivity index (χ1) is 5.61. The number of amides is 1. The number of carbonyl (C=O) groups is 1. The molecule has 1 aromatic carbocycles. The van der Waals surface area contributed by atoms with Gasteiger partial charge in [-0.2, -0.15) is 0 Å². The van der Waals surface area contributed by atoms with Gasteiger partial charge in [-0.3, -0.25) is 4.79 Å². The number of anilines is 1. The molecule has 3 nitrogen and oxygen atoms in total. The van der Waals surface area contributed by atoms with E-state index in [9.17, 15) is 4.79 Å². The molecule has 0 atom stereocenters. The minimum absolute atomic E-state index is 0.211. The molecule has 0 radical (unpaired) electrons. The van der Waals surface area contributed by atoms with Crippen LogP contribution in [0.2, 0.25) is 5.02 Å². The zero-order valence-corrected chi connectivity index (χ0v) is 7.38. The second-order valence-electron chi connectivity index (χ2n) is 2.37. The summed E-state index contributed by atoms with van der Waals surface area (Å²) in [7, 11) is 0. The van der Waals surface area contributed by atoms with Crippen molar-refractivity contribution in [3.63, 3.8) is 0 Å². The minimum Gasteiger partial charge on any atom is -0.273 e. The maximum atomic E-state index is 10.8. The molecule has 0 saturated carbocycles. The summed E-state index contributed by atoms with van der Waals surface area (Å²) < 4.78 is 0. The molecule has 0 bridgehead atoms. The first-order valence-electron chi connectivity index (χ1n) is 3.42. The summed E-state index contributed by atoms with van der Waals surface area (Å²) in [5, 5.41) is 1.69. The van der Waals surface area contributed by atoms with Crippen molar-refractivity contribution in [1.82, 2.24) is 0 Å². The highest BCUT2D eigenvalue weighted by atomic mass is 35.5. The summed E-state index contributed by atoms with van der Waals surface area (Å²) in [5.74, 6) is 5.22. The molecule has 0 fully saturated rings. The lowest BCUT2D eigenvalue weighted by Crippen LogP contribution is -2.35. The lowest BCUT2D eigenvalue weighted by Gasteiger charge is -2.13. The fraction of sp³-hybridized carbons (Fsp3) is 0.125. The summed E-state index contributed by atoms with van der Waals surface area (Å²) in [6.45, 7) is 1.40. The Labute approximate surface area is 75.7 Å². The fourth-order valence-corrected chi connectivity index (χ4v) is 0.909. The standard InChI is InChI=1S/C8H9ClN2O/c1-6(12)11(10)8-4-2-7(9)3-5-8/h2-5H,10H2,1H3. The molecule has 0 unspecified atom stereocenters. The van der Waals surface area contributed by atoms with Crippen LogP contribution in [0.15, 0.2) is 24.3 Å². The molecule has 1 rings (SSSR count). The summed E-state index contributed by atoms with van der Waals surface area (Å²) in [6, 6.07) is 6.73. The second-order valence-corrected chi connectivity index (χ2v) is 2.80. The van der Waals surface area contributed by atoms with Gasteiger partial charge in [0.25, 0.3) is 0 Å². The van der Waals surface area contributed by atoms with E-state index < -0.39 is 0 Å². The predicted molar refractivity (Wildman–Crippen MR) is 48.8 cm³/mol. The molecule has 0 aliphatic heterocycles. The van der Waals surface area contributed by atoms with Crippen LogP contribution in [0.1, 0.15) is 6.92 Å².